The Morgan fingerprint density at radius 1 is 1.61 bits per heavy atom. The van der Waals surface area contributed by atoms with Crippen molar-refractivity contribution in [2.45, 2.75) is 12.5 Å². The summed E-state index contributed by atoms with van der Waals surface area (Å²) in [6, 6.07) is 3.83. The van der Waals surface area contributed by atoms with Gasteiger partial charge < -0.3 is 15.2 Å². The summed E-state index contributed by atoms with van der Waals surface area (Å²) in [5.74, 6) is -1.04. The third-order valence-corrected chi connectivity index (χ3v) is 2.61. The predicted octanol–water partition coefficient (Wildman–Crippen LogP) is 1.61. The fourth-order valence-corrected chi connectivity index (χ4v) is 1.49. The Kier molecular flexibility index (Phi) is 6.04. The molecule has 1 amide bonds. The number of aliphatic hydroxyl groups excluding tert-OH is 1. The summed E-state index contributed by atoms with van der Waals surface area (Å²) in [4.78, 5) is 11.6. The minimum Gasteiger partial charge on any atom is -0.391 e. The number of aliphatic hydroxyl groups is 1. The SMILES string of the molecule is COCC(O)CCNC(=O)c1ccc(Cl)c(F)c1. The first-order valence-corrected chi connectivity index (χ1v) is 5.82. The molecule has 0 fully saturated rings. The Morgan fingerprint density at radius 3 is 2.94 bits per heavy atom. The van der Waals surface area contributed by atoms with E-state index in [1.807, 2.05) is 0 Å². The first-order valence-electron chi connectivity index (χ1n) is 5.45. The molecule has 0 aromatic heterocycles. The third-order valence-electron chi connectivity index (χ3n) is 2.30. The van der Waals surface area contributed by atoms with Crippen molar-refractivity contribution in [3.63, 3.8) is 0 Å². The van der Waals surface area contributed by atoms with Gasteiger partial charge in [-0.05, 0) is 24.6 Å². The van der Waals surface area contributed by atoms with Crippen LogP contribution in [0, 0.1) is 5.82 Å². The highest BCUT2D eigenvalue weighted by molar-refractivity contribution is 6.30. The van der Waals surface area contributed by atoms with E-state index in [4.69, 9.17) is 16.3 Å². The van der Waals surface area contributed by atoms with Gasteiger partial charge in [-0.2, -0.15) is 0 Å². The number of hydrogen-bond acceptors (Lipinski definition) is 3. The van der Waals surface area contributed by atoms with Gasteiger partial charge in [0, 0.05) is 19.2 Å². The molecule has 1 unspecified atom stereocenters. The van der Waals surface area contributed by atoms with E-state index in [0.29, 0.717) is 6.42 Å². The van der Waals surface area contributed by atoms with Crippen molar-refractivity contribution in [2.75, 3.05) is 20.3 Å². The van der Waals surface area contributed by atoms with Crippen LogP contribution in [0.3, 0.4) is 0 Å². The van der Waals surface area contributed by atoms with Crippen LogP contribution in [0.15, 0.2) is 18.2 Å². The lowest BCUT2D eigenvalue weighted by molar-refractivity contribution is 0.0587. The molecule has 1 aromatic carbocycles. The highest BCUT2D eigenvalue weighted by Gasteiger charge is 2.09. The monoisotopic (exact) mass is 275 g/mol. The Morgan fingerprint density at radius 2 is 2.33 bits per heavy atom. The van der Waals surface area contributed by atoms with Gasteiger partial charge in [0.25, 0.3) is 5.91 Å². The van der Waals surface area contributed by atoms with E-state index in [1.54, 1.807) is 0 Å². The van der Waals surface area contributed by atoms with Crippen LogP contribution < -0.4 is 5.32 Å². The van der Waals surface area contributed by atoms with Crippen molar-refractivity contribution >= 4 is 17.5 Å². The largest absolute Gasteiger partial charge is 0.391 e. The van der Waals surface area contributed by atoms with Crippen LogP contribution in [0.2, 0.25) is 5.02 Å². The second-order valence-electron chi connectivity index (χ2n) is 3.78. The highest BCUT2D eigenvalue weighted by Crippen LogP contribution is 2.15. The van der Waals surface area contributed by atoms with Crippen LogP contribution >= 0.6 is 11.6 Å². The molecular formula is C12H15ClFNO3. The standard InChI is InChI=1S/C12H15ClFNO3/c1-18-7-9(16)4-5-15-12(17)8-2-3-10(13)11(14)6-8/h2-3,6,9,16H,4-5,7H2,1H3,(H,15,17). The second kappa shape index (κ2) is 7.31. The van der Waals surface area contributed by atoms with E-state index in [1.165, 1.54) is 19.2 Å². The lowest BCUT2D eigenvalue weighted by atomic mass is 10.2. The van der Waals surface area contributed by atoms with Gasteiger partial charge in [-0.1, -0.05) is 11.6 Å². The minimum absolute atomic E-state index is 0.0259. The molecular weight excluding hydrogens is 261 g/mol. The third kappa shape index (κ3) is 4.60. The summed E-state index contributed by atoms with van der Waals surface area (Å²) in [7, 11) is 1.48. The van der Waals surface area contributed by atoms with E-state index in [0.717, 1.165) is 6.07 Å². The van der Waals surface area contributed by atoms with Crippen LogP contribution in [0.25, 0.3) is 0 Å². The minimum atomic E-state index is -0.635. The summed E-state index contributed by atoms with van der Waals surface area (Å²) in [5, 5.41) is 11.9. The first kappa shape index (κ1) is 14.9. The zero-order chi connectivity index (χ0) is 13.5. The second-order valence-corrected chi connectivity index (χ2v) is 4.19. The highest BCUT2D eigenvalue weighted by atomic mass is 35.5. The van der Waals surface area contributed by atoms with Gasteiger partial charge in [-0.25, -0.2) is 4.39 Å². The van der Waals surface area contributed by atoms with Gasteiger partial charge in [0.1, 0.15) is 5.82 Å². The smallest absolute Gasteiger partial charge is 0.251 e. The molecule has 4 nitrogen and oxygen atoms in total. The Balaban J connectivity index is 2.43. The lowest BCUT2D eigenvalue weighted by Crippen LogP contribution is -2.28. The molecule has 1 rings (SSSR count). The molecule has 0 aliphatic carbocycles. The number of carbonyl (C=O) groups excluding carboxylic acids is 1. The van der Waals surface area contributed by atoms with Crippen molar-refractivity contribution in [2.24, 2.45) is 0 Å². The van der Waals surface area contributed by atoms with Gasteiger partial charge in [-0.3, -0.25) is 4.79 Å². The van der Waals surface area contributed by atoms with Gasteiger partial charge >= 0.3 is 0 Å². The van der Waals surface area contributed by atoms with Crippen molar-refractivity contribution in [1.82, 2.24) is 5.32 Å². The van der Waals surface area contributed by atoms with E-state index in [2.05, 4.69) is 5.32 Å². The number of halogens is 2. The maximum absolute atomic E-state index is 13.1. The fourth-order valence-electron chi connectivity index (χ4n) is 1.37. The topological polar surface area (TPSA) is 58.6 Å². The van der Waals surface area contributed by atoms with Gasteiger partial charge in [0.15, 0.2) is 0 Å². The van der Waals surface area contributed by atoms with E-state index in [9.17, 15) is 14.3 Å². The summed E-state index contributed by atoms with van der Waals surface area (Å²) in [6.45, 7) is 0.499. The molecule has 2 N–H and O–H groups in total. The summed E-state index contributed by atoms with van der Waals surface area (Å²) in [5.41, 5.74) is 0.193. The molecule has 0 heterocycles. The van der Waals surface area contributed by atoms with Gasteiger partial charge in [-0.15, -0.1) is 0 Å². The zero-order valence-electron chi connectivity index (χ0n) is 9.95. The van der Waals surface area contributed by atoms with Crippen LogP contribution in [-0.4, -0.2) is 37.4 Å². The number of ether oxygens (including phenoxy) is 1. The number of methoxy groups -OCH3 is 1. The van der Waals surface area contributed by atoms with Crippen molar-refractivity contribution in [3.8, 4) is 0 Å². The van der Waals surface area contributed by atoms with Crippen LogP contribution in [-0.2, 0) is 4.74 Å². The normalized spacial score (nSPS) is 12.2. The molecule has 0 aliphatic rings. The molecule has 1 aromatic rings. The Hall–Kier alpha value is -1.17. The number of rotatable bonds is 6. The van der Waals surface area contributed by atoms with Crippen molar-refractivity contribution < 1.29 is 19.0 Å². The first-order chi connectivity index (χ1) is 8.54. The van der Waals surface area contributed by atoms with Crippen LogP contribution in [0.4, 0.5) is 4.39 Å². The summed E-state index contributed by atoms with van der Waals surface area (Å²) in [6.07, 6.45) is -0.257. The van der Waals surface area contributed by atoms with E-state index in [-0.39, 0.29) is 23.7 Å². The molecule has 1 atom stereocenters. The zero-order valence-corrected chi connectivity index (χ0v) is 10.7. The van der Waals surface area contributed by atoms with Gasteiger partial charge in [0.2, 0.25) is 0 Å². The summed E-state index contributed by atoms with van der Waals surface area (Å²) >= 11 is 5.51. The summed E-state index contributed by atoms with van der Waals surface area (Å²) < 4.78 is 17.9. The molecule has 0 spiro atoms. The Bertz CT molecular complexity index is 414. The lowest BCUT2D eigenvalue weighted by Gasteiger charge is -2.10. The molecule has 0 radical (unpaired) electrons. The van der Waals surface area contributed by atoms with E-state index >= 15 is 0 Å². The van der Waals surface area contributed by atoms with Gasteiger partial charge in [0.05, 0.1) is 17.7 Å². The molecule has 0 saturated heterocycles. The van der Waals surface area contributed by atoms with Crippen LogP contribution in [0.1, 0.15) is 16.8 Å². The molecule has 0 saturated carbocycles. The molecule has 0 aliphatic heterocycles. The molecule has 6 heteroatoms. The number of benzene rings is 1. The van der Waals surface area contributed by atoms with Crippen molar-refractivity contribution in [3.05, 3.63) is 34.6 Å². The number of amides is 1. The maximum atomic E-state index is 13.1. The average Bonchev–Trinajstić information content (AvgIpc) is 2.33. The number of carbonyl (C=O) groups is 1. The Labute approximate surface area is 110 Å². The average molecular weight is 276 g/mol. The predicted molar refractivity (Wildman–Crippen MR) is 66.2 cm³/mol. The maximum Gasteiger partial charge on any atom is 0.251 e. The molecule has 18 heavy (non-hydrogen) atoms. The molecule has 0 bridgehead atoms. The number of hydrogen-bond donors (Lipinski definition) is 2. The molecule has 100 valence electrons. The quantitative estimate of drug-likeness (QED) is 0.829. The van der Waals surface area contributed by atoms with E-state index < -0.39 is 17.8 Å². The van der Waals surface area contributed by atoms with Crippen molar-refractivity contribution in [1.29, 1.82) is 0 Å². The fraction of sp³-hybridized carbons (Fsp3) is 0.417. The number of nitrogens with one attached hydrogen (secondary N) is 1. The van der Waals surface area contributed by atoms with Crippen LogP contribution in [0.5, 0.6) is 0 Å².